The first kappa shape index (κ1) is 8.24. The molecule has 0 N–H and O–H groups in total. The molecule has 0 amide bonds. The van der Waals surface area contributed by atoms with Gasteiger partial charge in [-0.25, -0.2) is 0 Å². The lowest BCUT2D eigenvalue weighted by Gasteiger charge is -2.28. The highest BCUT2D eigenvalue weighted by Gasteiger charge is 2.32. The Morgan fingerprint density at radius 2 is 2.08 bits per heavy atom. The van der Waals surface area contributed by atoms with Gasteiger partial charge in [0.1, 0.15) is 5.78 Å². The van der Waals surface area contributed by atoms with Crippen LogP contribution in [0.15, 0.2) is 0 Å². The molecule has 0 aromatic carbocycles. The zero-order valence-electron chi connectivity index (χ0n) is 7.42. The van der Waals surface area contributed by atoms with Gasteiger partial charge < -0.3 is 4.74 Å². The normalized spacial score (nSPS) is 37.2. The van der Waals surface area contributed by atoms with E-state index >= 15 is 0 Å². The highest BCUT2D eigenvalue weighted by molar-refractivity contribution is 5.81. The van der Waals surface area contributed by atoms with Gasteiger partial charge >= 0.3 is 0 Å². The van der Waals surface area contributed by atoms with Crippen LogP contribution in [0.25, 0.3) is 0 Å². The third kappa shape index (κ3) is 1.53. The maximum absolute atomic E-state index is 11.6. The van der Waals surface area contributed by atoms with Gasteiger partial charge in [0.25, 0.3) is 0 Å². The predicted molar refractivity (Wildman–Crippen MR) is 45.9 cm³/mol. The molecule has 1 aliphatic heterocycles. The van der Waals surface area contributed by atoms with Crippen molar-refractivity contribution in [1.82, 2.24) is 0 Å². The van der Waals surface area contributed by atoms with Crippen molar-refractivity contribution in [3.8, 4) is 0 Å². The quantitative estimate of drug-likeness (QED) is 0.552. The third-order valence-electron chi connectivity index (χ3n) is 3.02. The molecule has 2 nitrogen and oxygen atoms in total. The molecule has 0 radical (unpaired) electrons. The number of Topliss-reactive ketones (excluding diaryl/α,β-unsaturated/α-hetero) is 1. The lowest BCUT2D eigenvalue weighted by atomic mass is 9.89. The summed E-state index contributed by atoms with van der Waals surface area (Å²) in [6, 6.07) is 0. The zero-order chi connectivity index (χ0) is 8.39. The molecule has 68 valence electrons. The van der Waals surface area contributed by atoms with Crippen LogP contribution in [0.5, 0.6) is 0 Å². The number of hydrogen-bond acceptors (Lipinski definition) is 2. The summed E-state index contributed by atoms with van der Waals surface area (Å²) < 4.78 is 5.61. The molecule has 2 unspecified atom stereocenters. The maximum Gasteiger partial charge on any atom is 0.138 e. The van der Waals surface area contributed by atoms with Crippen LogP contribution in [-0.4, -0.2) is 18.5 Å². The molecule has 2 heteroatoms. The Bertz CT molecular complexity index is 177. The van der Waals surface area contributed by atoms with Crippen molar-refractivity contribution in [2.45, 2.75) is 44.6 Å². The van der Waals surface area contributed by atoms with Gasteiger partial charge in [-0.3, -0.25) is 4.79 Å². The largest absolute Gasteiger partial charge is 0.377 e. The van der Waals surface area contributed by atoms with Gasteiger partial charge in [-0.15, -0.1) is 0 Å². The van der Waals surface area contributed by atoms with Gasteiger partial charge in [0.15, 0.2) is 0 Å². The second kappa shape index (κ2) is 3.56. The first-order valence-corrected chi connectivity index (χ1v) is 5.02. The first-order chi connectivity index (χ1) is 5.88. The molecule has 2 aliphatic rings. The van der Waals surface area contributed by atoms with E-state index in [9.17, 15) is 4.79 Å². The van der Waals surface area contributed by atoms with Gasteiger partial charge in [0, 0.05) is 18.9 Å². The Morgan fingerprint density at radius 3 is 3.00 bits per heavy atom. The molecular weight excluding hydrogens is 152 g/mol. The molecule has 12 heavy (non-hydrogen) atoms. The average molecular weight is 168 g/mol. The molecule has 1 saturated heterocycles. The number of ether oxygens (including phenoxy) is 1. The molecular formula is C10H16O2. The average Bonchev–Trinajstić information content (AvgIpc) is 2.29. The highest BCUT2D eigenvalue weighted by atomic mass is 16.5. The fourth-order valence-corrected chi connectivity index (χ4v) is 2.32. The standard InChI is InChI=1S/C10H16O2/c11-9-5-1-2-6-10-8(9)4-3-7-12-10/h8,10H,1-7H2. The van der Waals surface area contributed by atoms with E-state index in [0.29, 0.717) is 5.78 Å². The fourth-order valence-electron chi connectivity index (χ4n) is 2.32. The minimum Gasteiger partial charge on any atom is -0.377 e. The number of rotatable bonds is 0. The van der Waals surface area contributed by atoms with Gasteiger partial charge in [-0.05, 0) is 25.7 Å². The smallest absolute Gasteiger partial charge is 0.138 e. The van der Waals surface area contributed by atoms with E-state index < -0.39 is 0 Å². The fraction of sp³-hybridized carbons (Fsp3) is 0.900. The minimum absolute atomic E-state index is 0.251. The first-order valence-electron chi connectivity index (χ1n) is 5.02. The van der Waals surface area contributed by atoms with E-state index in [-0.39, 0.29) is 12.0 Å². The third-order valence-corrected chi connectivity index (χ3v) is 3.02. The molecule has 0 aromatic heterocycles. The topological polar surface area (TPSA) is 26.3 Å². The Labute approximate surface area is 73.3 Å². The van der Waals surface area contributed by atoms with Crippen LogP contribution in [0.1, 0.15) is 38.5 Å². The Balaban J connectivity index is 2.06. The van der Waals surface area contributed by atoms with Crippen LogP contribution in [0.2, 0.25) is 0 Å². The second-order valence-electron chi connectivity index (χ2n) is 3.87. The van der Waals surface area contributed by atoms with Crippen LogP contribution in [-0.2, 0) is 9.53 Å². The monoisotopic (exact) mass is 168 g/mol. The van der Waals surface area contributed by atoms with Gasteiger partial charge in [-0.2, -0.15) is 0 Å². The van der Waals surface area contributed by atoms with Crippen molar-refractivity contribution in [3.63, 3.8) is 0 Å². The summed E-state index contributed by atoms with van der Waals surface area (Å²) in [4.78, 5) is 11.6. The summed E-state index contributed by atoms with van der Waals surface area (Å²) in [7, 11) is 0. The number of carbonyl (C=O) groups excluding carboxylic acids is 1. The van der Waals surface area contributed by atoms with Crippen LogP contribution >= 0.6 is 0 Å². The summed E-state index contributed by atoms with van der Waals surface area (Å²) in [5.74, 6) is 0.707. The number of ketones is 1. The van der Waals surface area contributed by atoms with Gasteiger partial charge in [-0.1, -0.05) is 6.42 Å². The van der Waals surface area contributed by atoms with E-state index in [4.69, 9.17) is 4.74 Å². The van der Waals surface area contributed by atoms with E-state index in [0.717, 1.165) is 38.7 Å². The maximum atomic E-state index is 11.6. The van der Waals surface area contributed by atoms with E-state index in [1.165, 1.54) is 6.42 Å². The summed E-state index contributed by atoms with van der Waals surface area (Å²) in [5, 5.41) is 0. The minimum atomic E-state index is 0.251. The molecule has 0 spiro atoms. The van der Waals surface area contributed by atoms with Crippen molar-refractivity contribution in [1.29, 1.82) is 0 Å². The van der Waals surface area contributed by atoms with E-state index in [1.807, 2.05) is 0 Å². The summed E-state index contributed by atoms with van der Waals surface area (Å²) >= 11 is 0. The molecule has 1 aliphatic carbocycles. The number of fused-ring (bicyclic) bond motifs is 1. The van der Waals surface area contributed by atoms with Crippen molar-refractivity contribution in [3.05, 3.63) is 0 Å². The number of carbonyl (C=O) groups is 1. The predicted octanol–water partition coefficient (Wildman–Crippen LogP) is 1.92. The van der Waals surface area contributed by atoms with E-state index in [1.54, 1.807) is 0 Å². The molecule has 2 rings (SSSR count). The summed E-state index contributed by atoms with van der Waals surface area (Å²) in [5.41, 5.74) is 0. The second-order valence-corrected chi connectivity index (χ2v) is 3.87. The van der Waals surface area contributed by atoms with Gasteiger partial charge in [0.05, 0.1) is 6.10 Å². The SMILES string of the molecule is O=C1CCCCC2OCCCC12. The molecule has 2 atom stereocenters. The Hall–Kier alpha value is -0.370. The summed E-state index contributed by atoms with van der Waals surface area (Å²) in [6.07, 6.45) is 6.58. The lowest BCUT2D eigenvalue weighted by Crippen LogP contribution is -2.33. The van der Waals surface area contributed by atoms with Crippen molar-refractivity contribution in [2.75, 3.05) is 6.61 Å². The Morgan fingerprint density at radius 1 is 1.17 bits per heavy atom. The van der Waals surface area contributed by atoms with Crippen LogP contribution < -0.4 is 0 Å². The van der Waals surface area contributed by atoms with Crippen molar-refractivity contribution >= 4 is 5.78 Å². The molecule has 1 saturated carbocycles. The highest BCUT2D eigenvalue weighted by Crippen LogP contribution is 2.29. The van der Waals surface area contributed by atoms with Crippen LogP contribution in [0.3, 0.4) is 0 Å². The zero-order valence-corrected chi connectivity index (χ0v) is 7.42. The van der Waals surface area contributed by atoms with Crippen LogP contribution in [0, 0.1) is 5.92 Å². The molecule has 0 bridgehead atoms. The molecule has 0 aromatic rings. The van der Waals surface area contributed by atoms with Crippen molar-refractivity contribution in [2.24, 2.45) is 5.92 Å². The van der Waals surface area contributed by atoms with Crippen molar-refractivity contribution < 1.29 is 9.53 Å². The Kier molecular flexibility index (Phi) is 2.45. The molecule has 1 heterocycles. The van der Waals surface area contributed by atoms with Crippen LogP contribution in [0.4, 0.5) is 0 Å². The van der Waals surface area contributed by atoms with E-state index in [2.05, 4.69) is 0 Å². The summed E-state index contributed by atoms with van der Waals surface area (Å²) in [6.45, 7) is 0.869. The molecule has 2 fully saturated rings. The lowest BCUT2D eigenvalue weighted by molar-refractivity contribution is -0.130. The van der Waals surface area contributed by atoms with Gasteiger partial charge in [0.2, 0.25) is 0 Å². The number of hydrogen-bond donors (Lipinski definition) is 0.